The Bertz CT molecular complexity index is 388. The van der Waals surface area contributed by atoms with Crippen LogP contribution >= 0.6 is 0 Å². The molecular weight excluding hydrogens is 210 g/mol. The number of esters is 1. The van der Waals surface area contributed by atoms with Crippen LogP contribution in [0.2, 0.25) is 0 Å². The van der Waals surface area contributed by atoms with E-state index in [-0.39, 0.29) is 18.4 Å². The second-order valence-corrected chi connectivity index (χ2v) is 3.85. The average Bonchev–Trinajstić information content (AvgIpc) is 2.64. The Morgan fingerprint density at radius 1 is 1.56 bits per heavy atom. The molecule has 1 aliphatic rings. The minimum absolute atomic E-state index is 0.164. The van der Waals surface area contributed by atoms with Gasteiger partial charge in [-0.2, -0.15) is 0 Å². The number of cyclic esters (lactones) is 1. The molecule has 0 saturated carbocycles. The number of ether oxygens (including phenoxy) is 1. The molecule has 2 rings (SSSR count). The second-order valence-electron chi connectivity index (χ2n) is 3.85. The van der Waals surface area contributed by atoms with Crippen molar-refractivity contribution in [1.29, 1.82) is 0 Å². The molecule has 1 amide bonds. The van der Waals surface area contributed by atoms with Gasteiger partial charge in [-0.05, 0) is 6.92 Å². The van der Waals surface area contributed by atoms with Crippen LogP contribution in [0.4, 0.5) is 0 Å². The van der Waals surface area contributed by atoms with Gasteiger partial charge >= 0.3 is 5.97 Å². The SMILES string of the molecule is CC1CC(=O)NC(Cc2cnc[nH]2)C(=O)O1. The van der Waals surface area contributed by atoms with Crippen LogP contribution in [0.1, 0.15) is 19.0 Å². The van der Waals surface area contributed by atoms with E-state index < -0.39 is 12.0 Å². The molecule has 2 heterocycles. The third-order valence-electron chi connectivity index (χ3n) is 2.39. The molecule has 16 heavy (non-hydrogen) atoms. The van der Waals surface area contributed by atoms with Crippen molar-refractivity contribution >= 4 is 11.9 Å². The van der Waals surface area contributed by atoms with Crippen LogP contribution in [-0.4, -0.2) is 34.0 Å². The highest BCUT2D eigenvalue weighted by Crippen LogP contribution is 2.09. The lowest BCUT2D eigenvalue weighted by Crippen LogP contribution is -2.40. The molecule has 86 valence electrons. The van der Waals surface area contributed by atoms with E-state index in [2.05, 4.69) is 15.3 Å². The summed E-state index contributed by atoms with van der Waals surface area (Å²) >= 11 is 0. The van der Waals surface area contributed by atoms with E-state index >= 15 is 0 Å². The number of rotatable bonds is 2. The molecule has 1 aromatic rings. The number of imidazole rings is 1. The number of aromatic nitrogens is 2. The third kappa shape index (κ3) is 2.39. The number of carbonyl (C=O) groups is 2. The van der Waals surface area contributed by atoms with Gasteiger partial charge in [0.25, 0.3) is 0 Å². The van der Waals surface area contributed by atoms with Crippen LogP contribution in [0, 0.1) is 0 Å². The van der Waals surface area contributed by atoms with Crippen LogP contribution in [0.3, 0.4) is 0 Å². The molecule has 1 saturated heterocycles. The highest BCUT2D eigenvalue weighted by Gasteiger charge is 2.29. The lowest BCUT2D eigenvalue weighted by Gasteiger charge is -2.12. The van der Waals surface area contributed by atoms with E-state index in [1.165, 1.54) is 6.33 Å². The normalized spacial score (nSPS) is 25.8. The predicted molar refractivity (Wildman–Crippen MR) is 54.4 cm³/mol. The first-order valence-corrected chi connectivity index (χ1v) is 5.12. The van der Waals surface area contributed by atoms with Gasteiger partial charge < -0.3 is 15.0 Å². The lowest BCUT2D eigenvalue weighted by atomic mass is 10.1. The van der Waals surface area contributed by atoms with Crippen molar-refractivity contribution in [3.8, 4) is 0 Å². The van der Waals surface area contributed by atoms with Crippen molar-refractivity contribution in [2.24, 2.45) is 0 Å². The summed E-state index contributed by atoms with van der Waals surface area (Å²) in [6.45, 7) is 1.70. The fourth-order valence-electron chi connectivity index (χ4n) is 1.65. The molecule has 0 aromatic carbocycles. The van der Waals surface area contributed by atoms with E-state index in [1.807, 2.05) is 0 Å². The van der Waals surface area contributed by atoms with E-state index in [1.54, 1.807) is 13.1 Å². The first-order chi connectivity index (χ1) is 7.65. The molecule has 1 fully saturated rings. The lowest BCUT2D eigenvalue weighted by molar-refractivity contribution is -0.149. The summed E-state index contributed by atoms with van der Waals surface area (Å²) in [6.07, 6.45) is 3.37. The summed E-state index contributed by atoms with van der Waals surface area (Å²) in [5.41, 5.74) is 0.789. The number of H-pyrrole nitrogens is 1. The Balaban J connectivity index is 2.07. The Kier molecular flexibility index (Phi) is 2.89. The smallest absolute Gasteiger partial charge is 0.329 e. The largest absolute Gasteiger partial charge is 0.461 e. The van der Waals surface area contributed by atoms with Crippen molar-refractivity contribution in [2.75, 3.05) is 0 Å². The van der Waals surface area contributed by atoms with Gasteiger partial charge in [-0.25, -0.2) is 9.78 Å². The van der Waals surface area contributed by atoms with Crippen LogP contribution in [-0.2, 0) is 20.7 Å². The summed E-state index contributed by atoms with van der Waals surface area (Å²) in [4.78, 5) is 29.8. The molecule has 0 radical (unpaired) electrons. The number of nitrogens with one attached hydrogen (secondary N) is 2. The predicted octanol–water partition coefficient (Wildman–Crippen LogP) is -0.228. The summed E-state index contributed by atoms with van der Waals surface area (Å²) in [5, 5.41) is 2.64. The molecule has 2 atom stereocenters. The highest BCUT2D eigenvalue weighted by atomic mass is 16.5. The maximum atomic E-state index is 11.6. The standard InChI is InChI=1S/C10H13N3O3/c1-6-2-9(14)13-8(10(15)16-6)3-7-4-11-5-12-7/h4-6,8H,2-3H2,1H3,(H,11,12)(H,13,14). The van der Waals surface area contributed by atoms with Crippen LogP contribution < -0.4 is 5.32 Å². The first kappa shape index (κ1) is 10.7. The van der Waals surface area contributed by atoms with Crippen molar-refractivity contribution in [1.82, 2.24) is 15.3 Å². The van der Waals surface area contributed by atoms with Crippen molar-refractivity contribution in [3.63, 3.8) is 0 Å². The Labute approximate surface area is 92.4 Å². The third-order valence-corrected chi connectivity index (χ3v) is 2.39. The topological polar surface area (TPSA) is 84.1 Å². The summed E-state index contributed by atoms with van der Waals surface area (Å²) in [6, 6.07) is -0.627. The Hall–Kier alpha value is -1.85. The Morgan fingerprint density at radius 2 is 2.38 bits per heavy atom. The molecule has 1 aromatic heterocycles. The fourth-order valence-corrected chi connectivity index (χ4v) is 1.65. The van der Waals surface area contributed by atoms with Gasteiger partial charge in [-0.15, -0.1) is 0 Å². The average molecular weight is 223 g/mol. The highest BCUT2D eigenvalue weighted by molar-refractivity contribution is 5.86. The quantitative estimate of drug-likeness (QED) is 0.678. The van der Waals surface area contributed by atoms with Gasteiger partial charge in [0.1, 0.15) is 12.1 Å². The van der Waals surface area contributed by atoms with Gasteiger partial charge in [0.15, 0.2) is 0 Å². The Morgan fingerprint density at radius 3 is 3.06 bits per heavy atom. The minimum Gasteiger partial charge on any atom is -0.461 e. The van der Waals surface area contributed by atoms with Crippen LogP contribution in [0.25, 0.3) is 0 Å². The van der Waals surface area contributed by atoms with E-state index in [9.17, 15) is 9.59 Å². The molecule has 0 bridgehead atoms. The zero-order valence-corrected chi connectivity index (χ0v) is 8.90. The molecule has 6 heteroatoms. The summed E-state index contributed by atoms with van der Waals surface area (Å²) < 4.78 is 5.09. The molecule has 0 aliphatic carbocycles. The van der Waals surface area contributed by atoms with Crippen molar-refractivity contribution < 1.29 is 14.3 Å². The van der Waals surface area contributed by atoms with E-state index in [0.29, 0.717) is 6.42 Å². The maximum Gasteiger partial charge on any atom is 0.329 e. The van der Waals surface area contributed by atoms with Crippen LogP contribution in [0.15, 0.2) is 12.5 Å². The van der Waals surface area contributed by atoms with Crippen LogP contribution in [0.5, 0.6) is 0 Å². The monoisotopic (exact) mass is 223 g/mol. The van der Waals surface area contributed by atoms with Gasteiger partial charge in [0.05, 0.1) is 12.7 Å². The van der Waals surface area contributed by atoms with Crippen molar-refractivity contribution in [3.05, 3.63) is 18.2 Å². The van der Waals surface area contributed by atoms with Crippen molar-refractivity contribution in [2.45, 2.75) is 31.9 Å². The molecule has 6 nitrogen and oxygen atoms in total. The number of hydrogen-bond acceptors (Lipinski definition) is 4. The van der Waals surface area contributed by atoms with Gasteiger partial charge in [-0.1, -0.05) is 0 Å². The number of nitrogens with zero attached hydrogens (tertiary/aromatic N) is 1. The number of hydrogen-bond donors (Lipinski definition) is 2. The second kappa shape index (κ2) is 4.34. The van der Waals surface area contributed by atoms with Gasteiger partial charge in [0, 0.05) is 18.3 Å². The molecule has 2 N–H and O–H groups in total. The molecular formula is C10H13N3O3. The zero-order valence-electron chi connectivity index (χ0n) is 8.90. The fraction of sp³-hybridized carbons (Fsp3) is 0.500. The minimum atomic E-state index is -0.627. The van der Waals surface area contributed by atoms with Gasteiger partial charge in [-0.3, -0.25) is 4.79 Å². The summed E-state index contributed by atoms with van der Waals surface area (Å²) in [7, 11) is 0. The number of aromatic amines is 1. The first-order valence-electron chi connectivity index (χ1n) is 5.12. The molecule has 1 aliphatic heterocycles. The molecule has 2 unspecified atom stereocenters. The number of carbonyl (C=O) groups excluding carboxylic acids is 2. The zero-order chi connectivity index (χ0) is 11.5. The number of amides is 1. The summed E-state index contributed by atoms with van der Waals surface area (Å²) in [5.74, 6) is -0.559. The maximum absolute atomic E-state index is 11.6. The molecule has 0 spiro atoms. The van der Waals surface area contributed by atoms with E-state index in [0.717, 1.165) is 5.69 Å². The van der Waals surface area contributed by atoms with Gasteiger partial charge in [0.2, 0.25) is 5.91 Å². The van der Waals surface area contributed by atoms with E-state index in [4.69, 9.17) is 4.74 Å².